The number of benzene rings is 1. The van der Waals surface area contributed by atoms with E-state index in [9.17, 15) is 4.79 Å². The van der Waals surface area contributed by atoms with E-state index >= 15 is 0 Å². The number of anilines is 2. The van der Waals surface area contributed by atoms with Crippen LogP contribution in [0.15, 0.2) is 42.6 Å². The molecule has 0 aliphatic heterocycles. The minimum absolute atomic E-state index is 0.321. The molecule has 2 rings (SSSR count). The topological polar surface area (TPSA) is 85.2 Å². The molecule has 5 nitrogen and oxygen atoms in total. The van der Waals surface area contributed by atoms with Crippen LogP contribution in [0.2, 0.25) is 0 Å². The van der Waals surface area contributed by atoms with Gasteiger partial charge >= 0.3 is 0 Å². The second-order valence-electron chi connectivity index (χ2n) is 4.21. The second-order valence-corrected chi connectivity index (χ2v) is 4.65. The van der Waals surface area contributed by atoms with E-state index in [1.807, 2.05) is 36.2 Å². The van der Waals surface area contributed by atoms with Crippen LogP contribution >= 0.6 is 12.2 Å². The van der Waals surface area contributed by atoms with E-state index in [1.54, 1.807) is 12.1 Å². The lowest BCUT2D eigenvalue weighted by molar-refractivity contribution is 0.1000. The zero-order chi connectivity index (χ0) is 14.7. The first kappa shape index (κ1) is 14.0. The maximum atomic E-state index is 11.0. The quantitative estimate of drug-likeness (QED) is 0.834. The molecule has 0 radical (unpaired) electrons. The number of carbonyl (C=O) groups excluding carboxylic acids is 1. The Labute approximate surface area is 122 Å². The minimum atomic E-state index is -0.504. The summed E-state index contributed by atoms with van der Waals surface area (Å²) in [6.07, 6.45) is 1.44. The Kier molecular flexibility index (Phi) is 3.95. The molecule has 0 aliphatic carbocycles. The van der Waals surface area contributed by atoms with Crippen LogP contribution in [0.1, 0.15) is 15.9 Å². The Morgan fingerprint density at radius 3 is 2.45 bits per heavy atom. The predicted molar refractivity (Wildman–Crippen MR) is 83.1 cm³/mol. The Morgan fingerprint density at radius 2 is 1.90 bits per heavy atom. The average Bonchev–Trinajstić information content (AvgIpc) is 2.46. The molecule has 20 heavy (non-hydrogen) atoms. The lowest BCUT2D eigenvalue weighted by Gasteiger charge is -2.21. The first-order valence-electron chi connectivity index (χ1n) is 5.89. The van der Waals surface area contributed by atoms with Gasteiger partial charge in [0.25, 0.3) is 0 Å². The Hall–Kier alpha value is -2.47. The summed E-state index contributed by atoms with van der Waals surface area (Å²) < 4.78 is 0. The van der Waals surface area contributed by atoms with Crippen LogP contribution in [-0.4, -0.2) is 22.9 Å². The molecule has 0 aliphatic rings. The molecule has 0 fully saturated rings. The fraction of sp³-hybridized carbons (Fsp3) is 0.0714. The predicted octanol–water partition coefficient (Wildman–Crippen LogP) is 1.58. The number of primary amides is 1. The number of aromatic nitrogens is 1. The molecule has 0 saturated heterocycles. The van der Waals surface area contributed by atoms with E-state index < -0.39 is 5.91 Å². The van der Waals surface area contributed by atoms with E-state index in [2.05, 4.69) is 4.98 Å². The summed E-state index contributed by atoms with van der Waals surface area (Å²) in [6, 6.07) is 10.9. The third kappa shape index (κ3) is 2.75. The summed E-state index contributed by atoms with van der Waals surface area (Å²) in [7, 11) is 1.85. The molecule has 0 unspecified atom stereocenters. The van der Waals surface area contributed by atoms with E-state index in [-0.39, 0.29) is 0 Å². The lowest BCUT2D eigenvalue weighted by Crippen LogP contribution is -2.19. The van der Waals surface area contributed by atoms with Gasteiger partial charge in [-0.2, -0.15) is 0 Å². The summed E-state index contributed by atoms with van der Waals surface area (Å²) in [4.78, 5) is 17.4. The van der Waals surface area contributed by atoms with Crippen molar-refractivity contribution in [2.24, 2.45) is 11.5 Å². The lowest BCUT2D eigenvalue weighted by atomic mass is 10.1. The first-order valence-corrected chi connectivity index (χ1v) is 6.30. The highest BCUT2D eigenvalue weighted by Gasteiger charge is 2.12. The summed E-state index contributed by atoms with van der Waals surface area (Å²) in [5.74, 6) is 0.161. The molecule has 2 aromatic rings. The molecule has 102 valence electrons. The van der Waals surface area contributed by atoms with Crippen LogP contribution in [0.5, 0.6) is 0 Å². The highest BCUT2D eigenvalue weighted by Crippen LogP contribution is 2.25. The minimum Gasteiger partial charge on any atom is -0.389 e. The smallest absolute Gasteiger partial charge is 0.250 e. The van der Waals surface area contributed by atoms with Crippen LogP contribution in [0, 0.1) is 0 Å². The number of rotatable bonds is 4. The molecule has 6 heteroatoms. The first-order chi connectivity index (χ1) is 9.50. The zero-order valence-electron chi connectivity index (χ0n) is 10.9. The fourth-order valence-electron chi connectivity index (χ4n) is 1.83. The number of thiocarbonyl (C=S) groups is 1. The van der Waals surface area contributed by atoms with Gasteiger partial charge in [-0.3, -0.25) is 4.79 Å². The number of nitrogens with two attached hydrogens (primary N) is 2. The molecule has 1 amide bonds. The number of amides is 1. The summed E-state index contributed by atoms with van der Waals surface area (Å²) >= 11 is 5.04. The van der Waals surface area contributed by atoms with Crippen molar-refractivity contribution in [3.05, 3.63) is 53.7 Å². The summed E-state index contributed by atoms with van der Waals surface area (Å²) in [5.41, 5.74) is 12.9. The Morgan fingerprint density at radius 1 is 1.20 bits per heavy atom. The standard InChI is InChI=1S/C14H14N4OS/c1-18(11-5-3-2-4-10(11)14(16)20)12-7-6-9(8-17-12)13(15)19/h2-8H,1H3,(H2,15,19)(H2,16,20). The number of hydrogen-bond donors (Lipinski definition) is 2. The van der Waals surface area contributed by atoms with Crippen molar-refractivity contribution in [3.63, 3.8) is 0 Å². The molecule has 0 saturated carbocycles. The summed E-state index contributed by atoms with van der Waals surface area (Å²) in [6.45, 7) is 0. The number of para-hydroxylation sites is 1. The van der Waals surface area contributed by atoms with Gasteiger partial charge in [0.2, 0.25) is 5.91 Å². The van der Waals surface area contributed by atoms with E-state index in [1.165, 1.54) is 6.20 Å². The van der Waals surface area contributed by atoms with Crippen molar-refractivity contribution in [1.82, 2.24) is 4.98 Å². The zero-order valence-corrected chi connectivity index (χ0v) is 11.7. The number of nitrogens with zero attached hydrogens (tertiary/aromatic N) is 2. The summed E-state index contributed by atoms with van der Waals surface area (Å²) in [5, 5.41) is 0. The molecule has 0 atom stereocenters. The van der Waals surface area contributed by atoms with Crippen molar-refractivity contribution in [1.29, 1.82) is 0 Å². The monoisotopic (exact) mass is 286 g/mol. The van der Waals surface area contributed by atoms with Gasteiger partial charge < -0.3 is 16.4 Å². The molecule has 0 spiro atoms. The third-order valence-electron chi connectivity index (χ3n) is 2.91. The molecule has 1 aromatic carbocycles. The molecule has 1 heterocycles. The molecule has 4 N–H and O–H groups in total. The fourth-order valence-corrected chi connectivity index (χ4v) is 2.00. The van der Waals surface area contributed by atoms with Crippen molar-refractivity contribution in [2.45, 2.75) is 0 Å². The van der Waals surface area contributed by atoms with E-state index in [4.69, 9.17) is 23.7 Å². The van der Waals surface area contributed by atoms with Crippen LogP contribution in [0.4, 0.5) is 11.5 Å². The molecular weight excluding hydrogens is 272 g/mol. The van der Waals surface area contributed by atoms with E-state index in [0.717, 1.165) is 11.3 Å². The SMILES string of the molecule is CN(c1ccc(C(N)=O)cn1)c1ccccc1C(N)=S. The molecule has 1 aromatic heterocycles. The van der Waals surface area contributed by atoms with Crippen LogP contribution in [-0.2, 0) is 0 Å². The Balaban J connectivity index is 2.38. The Bertz CT molecular complexity index is 654. The average molecular weight is 286 g/mol. The highest BCUT2D eigenvalue weighted by atomic mass is 32.1. The van der Waals surface area contributed by atoms with Crippen LogP contribution in [0.3, 0.4) is 0 Å². The van der Waals surface area contributed by atoms with Crippen molar-refractivity contribution >= 4 is 34.6 Å². The maximum Gasteiger partial charge on any atom is 0.250 e. The van der Waals surface area contributed by atoms with Gasteiger partial charge in [-0.25, -0.2) is 4.98 Å². The third-order valence-corrected chi connectivity index (χ3v) is 3.13. The van der Waals surface area contributed by atoms with Crippen molar-refractivity contribution in [2.75, 3.05) is 11.9 Å². The number of pyridine rings is 1. The van der Waals surface area contributed by atoms with Crippen molar-refractivity contribution in [3.8, 4) is 0 Å². The second kappa shape index (κ2) is 5.66. The highest BCUT2D eigenvalue weighted by molar-refractivity contribution is 7.80. The number of carbonyl (C=O) groups is 1. The van der Waals surface area contributed by atoms with Gasteiger partial charge in [0.1, 0.15) is 10.8 Å². The normalized spacial score (nSPS) is 10.1. The van der Waals surface area contributed by atoms with E-state index in [0.29, 0.717) is 16.4 Å². The van der Waals surface area contributed by atoms with Gasteiger partial charge in [0.05, 0.1) is 11.3 Å². The van der Waals surface area contributed by atoms with Gasteiger partial charge in [-0.05, 0) is 24.3 Å². The maximum absolute atomic E-state index is 11.0. The van der Waals surface area contributed by atoms with Gasteiger partial charge in [-0.15, -0.1) is 0 Å². The molecular formula is C14H14N4OS. The van der Waals surface area contributed by atoms with Crippen LogP contribution < -0.4 is 16.4 Å². The van der Waals surface area contributed by atoms with Crippen molar-refractivity contribution < 1.29 is 4.79 Å². The number of hydrogen-bond acceptors (Lipinski definition) is 4. The largest absolute Gasteiger partial charge is 0.389 e. The molecule has 0 bridgehead atoms. The van der Waals surface area contributed by atoms with Gasteiger partial charge in [0.15, 0.2) is 0 Å². The van der Waals surface area contributed by atoms with Gasteiger partial charge in [0, 0.05) is 18.8 Å². The van der Waals surface area contributed by atoms with Crippen LogP contribution in [0.25, 0.3) is 0 Å². The van der Waals surface area contributed by atoms with Gasteiger partial charge in [-0.1, -0.05) is 24.4 Å².